The van der Waals surface area contributed by atoms with Crippen LogP contribution in [0, 0.1) is 17.7 Å². The molecule has 2 heterocycles. The minimum Gasteiger partial charge on any atom is -0.375 e. The van der Waals surface area contributed by atoms with Crippen molar-refractivity contribution in [1.82, 2.24) is 9.80 Å². The number of rotatable bonds is 5. The molecule has 2 aliphatic rings. The van der Waals surface area contributed by atoms with Crippen molar-refractivity contribution in [3.63, 3.8) is 0 Å². The normalized spacial score (nSPS) is 24.2. The van der Waals surface area contributed by atoms with Crippen LogP contribution < -0.4 is 5.32 Å². The van der Waals surface area contributed by atoms with E-state index in [1.807, 2.05) is 4.90 Å². The molecule has 2 fully saturated rings. The van der Waals surface area contributed by atoms with Crippen LogP contribution in [0.1, 0.15) is 19.3 Å². The monoisotopic (exact) mass is 377 g/mol. The number of nitrogens with zero attached hydrogens (tertiary/aromatic N) is 2. The van der Waals surface area contributed by atoms with Gasteiger partial charge >= 0.3 is 0 Å². The molecule has 6 nitrogen and oxygen atoms in total. The number of anilines is 1. The Morgan fingerprint density at radius 1 is 1.22 bits per heavy atom. The van der Waals surface area contributed by atoms with Gasteiger partial charge in [-0.1, -0.05) is 0 Å². The standard InChI is InChI=1S/C20H28FN3O3/c1-23-12-15(20(26)22-17-5-3-16(21)4-6-17)11-18(23)14-7-9-24(10-8-14)19(25)13-27-2/h3-6,14-15,18H,7-13H2,1-2H3,(H,22,26)/t15-,18+/m0/s1. The van der Waals surface area contributed by atoms with Gasteiger partial charge in [0, 0.05) is 38.5 Å². The molecule has 1 aromatic carbocycles. The molecular formula is C20H28FN3O3. The second kappa shape index (κ2) is 8.80. The van der Waals surface area contributed by atoms with Gasteiger partial charge in [0.15, 0.2) is 0 Å². The fourth-order valence-electron chi connectivity index (χ4n) is 4.30. The number of hydrogen-bond acceptors (Lipinski definition) is 4. The first-order valence-corrected chi connectivity index (χ1v) is 9.51. The van der Waals surface area contributed by atoms with Gasteiger partial charge in [0.1, 0.15) is 12.4 Å². The highest BCUT2D eigenvalue weighted by molar-refractivity contribution is 5.92. The molecule has 3 rings (SSSR count). The van der Waals surface area contributed by atoms with Crippen LogP contribution >= 0.6 is 0 Å². The highest BCUT2D eigenvalue weighted by atomic mass is 19.1. The number of methoxy groups -OCH3 is 1. The summed E-state index contributed by atoms with van der Waals surface area (Å²) in [6.07, 6.45) is 2.73. The van der Waals surface area contributed by atoms with E-state index in [1.165, 1.54) is 19.2 Å². The van der Waals surface area contributed by atoms with Crippen molar-refractivity contribution < 1.29 is 18.7 Å². The molecule has 0 aliphatic carbocycles. The second-order valence-electron chi connectivity index (χ2n) is 7.59. The number of amides is 2. The molecule has 2 saturated heterocycles. The molecule has 148 valence electrons. The largest absolute Gasteiger partial charge is 0.375 e. The molecule has 0 saturated carbocycles. The van der Waals surface area contributed by atoms with Gasteiger partial charge < -0.3 is 19.9 Å². The molecule has 2 amide bonds. The van der Waals surface area contributed by atoms with Gasteiger partial charge in [-0.05, 0) is 56.5 Å². The lowest BCUT2D eigenvalue weighted by atomic mass is 9.86. The van der Waals surface area contributed by atoms with Crippen LogP contribution in [0.5, 0.6) is 0 Å². The number of halogens is 1. The fourth-order valence-corrected chi connectivity index (χ4v) is 4.30. The van der Waals surface area contributed by atoms with Crippen molar-refractivity contribution in [2.45, 2.75) is 25.3 Å². The molecule has 0 spiro atoms. The number of nitrogens with one attached hydrogen (secondary N) is 1. The number of benzene rings is 1. The van der Waals surface area contributed by atoms with Crippen molar-refractivity contribution in [1.29, 1.82) is 0 Å². The maximum Gasteiger partial charge on any atom is 0.248 e. The summed E-state index contributed by atoms with van der Waals surface area (Å²) in [6.45, 7) is 2.37. The van der Waals surface area contributed by atoms with Crippen LogP contribution in [0.4, 0.5) is 10.1 Å². The first kappa shape index (κ1) is 19.8. The Labute approximate surface area is 159 Å². The molecule has 27 heavy (non-hydrogen) atoms. The van der Waals surface area contributed by atoms with Crippen LogP contribution in [0.3, 0.4) is 0 Å². The summed E-state index contributed by atoms with van der Waals surface area (Å²) < 4.78 is 17.9. The average Bonchev–Trinajstić information content (AvgIpc) is 3.06. The van der Waals surface area contributed by atoms with Gasteiger partial charge in [-0.25, -0.2) is 4.39 Å². The van der Waals surface area contributed by atoms with Crippen molar-refractivity contribution in [3.8, 4) is 0 Å². The summed E-state index contributed by atoms with van der Waals surface area (Å²) >= 11 is 0. The molecular weight excluding hydrogens is 349 g/mol. The number of likely N-dealkylation sites (tertiary alicyclic amines) is 2. The van der Waals surface area contributed by atoms with E-state index in [4.69, 9.17) is 4.74 Å². The lowest BCUT2D eigenvalue weighted by molar-refractivity contribution is -0.136. The maximum absolute atomic E-state index is 13.0. The number of piperidine rings is 1. The smallest absolute Gasteiger partial charge is 0.248 e. The SMILES string of the molecule is COCC(=O)N1CCC([C@H]2C[C@H](C(=O)Nc3ccc(F)cc3)CN2C)CC1. The zero-order valence-electron chi connectivity index (χ0n) is 16.0. The minimum atomic E-state index is -0.316. The molecule has 0 bridgehead atoms. The third kappa shape index (κ3) is 4.84. The van der Waals surface area contributed by atoms with Crippen molar-refractivity contribution in [2.24, 2.45) is 11.8 Å². The van der Waals surface area contributed by atoms with E-state index in [1.54, 1.807) is 12.1 Å². The molecule has 2 atom stereocenters. The van der Waals surface area contributed by atoms with E-state index >= 15 is 0 Å². The molecule has 7 heteroatoms. The third-order valence-corrected chi connectivity index (χ3v) is 5.79. The Kier molecular flexibility index (Phi) is 6.44. The van der Waals surface area contributed by atoms with Crippen LogP contribution in [0.2, 0.25) is 0 Å². The van der Waals surface area contributed by atoms with Crippen molar-refractivity contribution in [2.75, 3.05) is 45.7 Å². The number of hydrogen-bond donors (Lipinski definition) is 1. The Morgan fingerprint density at radius 3 is 2.52 bits per heavy atom. The predicted octanol–water partition coefficient (Wildman–Crippen LogP) is 1.97. The highest BCUT2D eigenvalue weighted by Crippen LogP contribution is 2.33. The Balaban J connectivity index is 1.51. The van der Waals surface area contributed by atoms with Crippen LogP contribution in [0.25, 0.3) is 0 Å². The summed E-state index contributed by atoms with van der Waals surface area (Å²) in [6, 6.07) is 6.20. The number of carbonyl (C=O) groups excluding carboxylic acids is 2. The van der Waals surface area contributed by atoms with Gasteiger partial charge in [-0.2, -0.15) is 0 Å². The van der Waals surface area contributed by atoms with Crippen molar-refractivity contribution >= 4 is 17.5 Å². The Bertz CT molecular complexity index is 659. The number of ether oxygens (including phenoxy) is 1. The highest BCUT2D eigenvalue weighted by Gasteiger charge is 2.39. The summed E-state index contributed by atoms with van der Waals surface area (Å²) in [7, 11) is 3.60. The number of carbonyl (C=O) groups is 2. The lowest BCUT2D eigenvalue weighted by Crippen LogP contribution is -2.44. The third-order valence-electron chi connectivity index (χ3n) is 5.79. The van der Waals surface area contributed by atoms with Gasteiger partial charge in [0.2, 0.25) is 11.8 Å². The van der Waals surface area contributed by atoms with E-state index < -0.39 is 0 Å². The quantitative estimate of drug-likeness (QED) is 0.852. The van der Waals surface area contributed by atoms with Gasteiger partial charge in [-0.15, -0.1) is 0 Å². The van der Waals surface area contributed by atoms with Crippen LogP contribution in [0.15, 0.2) is 24.3 Å². The summed E-state index contributed by atoms with van der Waals surface area (Å²) in [4.78, 5) is 28.7. The van der Waals surface area contributed by atoms with E-state index in [0.717, 1.165) is 38.9 Å². The lowest BCUT2D eigenvalue weighted by Gasteiger charge is -2.37. The van der Waals surface area contributed by atoms with Crippen LogP contribution in [-0.2, 0) is 14.3 Å². The topological polar surface area (TPSA) is 61.9 Å². The molecule has 0 aromatic heterocycles. The fraction of sp³-hybridized carbons (Fsp3) is 0.600. The van der Waals surface area contributed by atoms with Gasteiger partial charge in [-0.3, -0.25) is 9.59 Å². The first-order valence-electron chi connectivity index (χ1n) is 9.51. The molecule has 1 aromatic rings. The van der Waals surface area contributed by atoms with E-state index in [2.05, 4.69) is 17.3 Å². The van der Waals surface area contributed by atoms with E-state index in [-0.39, 0.29) is 30.2 Å². The predicted molar refractivity (Wildman–Crippen MR) is 101 cm³/mol. The summed E-state index contributed by atoms with van der Waals surface area (Å²) in [5, 5.41) is 2.89. The minimum absolute atomic E-state index is 0.0105. The Hall–Kier alpha value is -1.99. The summed E-state index contributed by atoms with van der Waals surface area (Å²) in [5.74, 6) is 0.142. The zero-order valence-corrected chi connectivity index (χ0v) is 16.0. The zero-order chi connectivity index (χ0) is 19.4. The molecule has 2 aliphatic heterocycles. The molecule has 0 unspecified atom stereocenters. The van der Waals surface area contributed by atoms with Crippen LogP contribution in [-0.4, -0.2) is 68.1 Å². The van der Waals surface area contributed by atoms with Crippen molar-refractivity contribution in [3.05, 3.63) is 30.1 Å². The summed E-state index contributed by atoms with van der Waals surface area (Å²) in [5.41, 5.74) is 0.623. The first-order chi connectivity index (χ1) is 13.0. The second-order valence-corrected chi connectivity index (χ2v) is 7.59. The van der Waals surface area contributed by atoms with Gasteiger partial charge in [0.05, 0.1) is 5.92 Å². The van der Waals surface area contributed by atoms with Gasteiger partial charge in [0.25, 0.3) is 0 Å². The Morgan fingerprint density at radius 2 is 1.89 bits per heavy atom. The average molecular weight is 377 g/mol. The molecule has 1 N–H and O–H groups in total. The maximum atomic E-state index is 13.0. The molecule has 0 radical (unpaired) electrons. The van der Waals surface area contributed by atoms with E-state index in [0.29, 0.717) is 17.6 Å². The van der Waals surface area contributed by atoms with E-state index in [9.17, 15) is 14.0 Å².